The number of amides is 1. The Balaban J connectivity index is 0.000000303. The summed E-state index contributed by atoms with van der Waals surface area (Å²) in [5.41, 5.74) is 5.20. The first kappa shape index (κ1) is 27.8. The van der Waals surface area contributed by atoms with Gasteiger partial charge in [0, 0.05) is 13.5 Å². The van der Waals surface area contributed by atoms with Gasteiger partial charge < -0.3 is 10.0 Å². The third-order valence-electron chi connectivity index (χ3n) is 6.38. The Kier molecular flexibility index (Phi) is 12.3. The van der Waals surface area contributed by atoms with Crippen LogP contribution in [-0.4, -0.2) is 29.4 Å². The lowest BCUT2D eigenvalue weighted by Gasteiger charge is -2.20. The Morgan fingerprint density at radius 1 is 0.857 bits per heavy atom. The first-order chi connectivity index (χ1) is 16.9. The molecule has 1 N–H and O–H groups in total. The number of aliphatic carboxylic acids is 1. The largest absolute Gasteiger partial charge is 0.481 e. The van der Waals surface area contributed by atoms with E-state index in [0.717, 1.165) is 44.1 Å². The Bertz CT molecular complexity index is 987. The minimum Gasteiger partial charge on any atom is -0.481 e. The summed E-state index contributed by atoms with van der Waals surface area (Å²) in [6.45, 7) is 4.12. The van der Waals surface area contributed by atoms with Crippen LogP contribution in [0.3, 0.4) is 0 Å². The third kappa shape index (κ3) is 10.6. The number of carbonyl (C=O) groups is 2. The average molecular weight is 474 g/mol. The van der Waals surface area contributed by atoms with Crippen LogP contribution in [-0.2, 0) is 16.0 Å². The van der Waals surface area contributed by atoms with Gasteiger partial charge in [0.1, 0.15) is 0 Å². The van der Waals surface area contributed by atoms with Crippen molar-refractivity contribution in [1.29, 1.82) is 0 Å². The fraction of sp³-hybridized carbons (Fsp3) is 0.355. The summed E-state index contributed by atoms with van der Waals surface area (Å²) < 4.78 is 0. The molecule has 0 bridgehead atoms. The highest BCUT2D eigenvalue weighted by molar-refractivity contribution is 5.66. The molecule has 1 amide bonds. The van der Waals surface area contributed by atoms with E-state index < -0.39 is 5.97 Å². The molecular weight excluding hydrogens is 434 g/mol. The smallest absolute Gasteiger partial charge is 0.303 e. The summed E-state index contributed by atoms with van der Waals surface area (Å²) in [6, 6.07) is 29.6. The van der Waals surface area contributed by atoms with Crippen molar-refractivity contribution >= 4 is 12.4 Å². The monoisotopic (exact) mass is 473 g/mol. The standard InChI is InChI=1S/C21H26O2.C10H13NO/c1-17-12-14-18(15-13-17)16-20(19-8-4-2-5-9-19)10-6-3-7-11-21(22)23;1-9(11(2)8-12)10-6-4-3-5-7-10/h2,4-5,8-9,12-15,20H,3,6-7,10-11,16H2,1H3,(H,22,23);3-9H,1-2H3. The van der Waals surface area contributed by atoms with Crippen LogP contribution in [0.25, 0.3) is 0 Å². The molecule has 4 heteroatoms. The van der Waals surface area contributed by atoms with Crippen molar-refractivity contribution in [3.05, 3.63) is 107 Å². The highest BCUT2D eigenvalue weighted by Crippen LogP contribution is 2.27. The van der Waals surface area contributed by atoms with E-state index in [1.807, 2.05) is 37.3 Å². The predicted molar refractivity (Wildman–Crippen MR) is 143 cm³/mol. The molecule has 2 unspecified atom stereocenters. The second-order valence-electron chi connectivity index (χ2n) is 9.15. The molecule has 35 heavy (non-hydrogen) atoms. The highest BCUT2D eigenvalue weighted by atomic mass is 16.4. The molecule has 0 aliphatic carbocycles. The van der Waals surface area contributed by atoms with Gasteiger partial charge in [0.25, 0.3) is 0 Å². The molecule has 2 atom stereocenters. The first-order valence-electron chi connectivity index (χ1n) is 12.4. The maximum absolute atomic E-state index is 10.6. The minimum atomic E-state index is -0.690. The minimum absolute atomic E-state index is 0.156. The number of aryl methyl sites for hydroxylation is 1. The second kappa shape index (κ2) is 15.5. The SMILES string of the molecule is CC(c1ccccc1)N(C)C=O.Cc1ccc(CC(CCCCCC(=O)O)c2ccccc2)cc1. The van der Waals surface area contributed by atoms with Crippen LogP contribution in [0.2, 0.25) is 0 Å². The second-order valence-corrected chi connectivity index (χ2v) is 9.15. The Morgan fingerprint density at radius 2 is 1.43 bits per heavy atom. The number of carbonyl (C=O) groups excluding carboxylic acids is 1. The summed E-state index contributed by atoms with van der Waals surface area (Å²) in [5.74, 6) is -0.187. The van der Waals surface area contributed by atoms with Crippen molar-refractivity contribution in [3.63, 3.8) is 0 Å². The number of carboxylic acids is 1. The summed E-state index contributed by atoms with van der Waals surface area (Å²) in [5, 5.41) is 8.72. The van der Waals surface area contributed by atoms with E-state index in [0.29, 0.717) is 5.92 Å². The van der Waals surface area contributed by atoms with E-state index in [2.05, 4.69) is 61.5 Å². The van der Waals surface area contributed by atoms with Crippen LogP contribution < -0.4 is 0 Å². The Morgan fingerprint density at radius 3 is 1.97 bits per heavy atom. The molecule has 0 saturated carbocycles. The summed E-state index contributed by atoms with van der Waals surface area (Å²) in [4.78, 5) is 22.7. The topological polar surface area (TPSA) is 57.6 Å². The fourth-order valence-electron chi connectivity index (χ4n) is 4.02. The lowest BCUT2D eigenvalue weighted by atomic mass is 9.87. The van der Waals surface area contributed by atoms with Crippen LogP contribution in [0.15, 0.2) is 84.9 Å². The average Bonchev–Trinajstić information content (AvgIpc) is 2.89. The third-order valence-corrected chi connectivity index (χ3v) is 6.38. The molecule has 0 aliphatic rings. The number of benzene rings is 3. The molecular formula is C31H39NO3. The number of unbranched alkanes of at least 4 members (excludes halogenated alkanes) is 2. The van der Waals surface area contributed by atoms with E-state index >= 15 is 0 Å². The Labute approximate surface area is 210 Å². The van der Waals surface area contributed by atoms with Gasteiger partial charge in [-0.05, 0) is 55.7 Å². The summed E-state index contributed by atoms with van der Waals surface area (Å²) in [7, 11) is 1.78. The highest BCUT2D eigenvalue weighted by Gasteiger charge is 2.12. The predicted octanol–water partition coefficient (Wildman–Crippen LogP) is 7.19. The summed E-state index contributed by atoms with van der Waals surface area (Å²) in [6.07, 6.45) is 6.13. The van der Waals surface area contributed by atoms with Crippen LogP contribution in [0, 0.1) is 6.92 Å². The van der Waals surface area contributed by atoms with Crippen molar-refractivity contribution in [2.75, 3.05) is 7.05 Å². The van der Waals surface area contributed by atoms with Gasteiger partial charge in [-0.25, -0.2) is 0 Å². The van der Waals surface area contributed by atoms with Gasteiger partial charge in [-0.2, -0.15) is 0 Å². The van der Waals surface area contributed by atoms with Crippen LogP contribution in [0.1, 0.15) is 73.2 Å². The van der Waals surface area contributed by atoms with Crippen molar-refractivity contribution in [3.8, 4) is 0 Å². The van der Waals surface area contributed by atoms with Gasteiger partial charge in [-0.1, -0.05) is 103 Å². The number of hydrogen-bond acceptors (Lipinski definition) is 2. The Hall–Kier alpha value is -3.40. The molecule has 0 spiro atoms. The molecule has 0 aliphatic heterocycles. The number of nitrogens with zero attached hydrogens (tertiary/aromatic N) is 1. The number of rotatable bonds is 12. The number of hydrogen-bond donors (Lipinski definition) is 1. The van der Waals surface area contributed by atoms with Gasteiger partial charge in [0.05, 0.1) is 6.04 Å². The van der Waals surface area contributed by atoms with Gasteiger partial charge in [0.2, 0.25) is 6.41 Å². The zero-order chi connectivity index (χ0) is 25.5. The number of carboxylic acid groups (broad SMARTS) is 1. The molecule has 3 rings (SSSR count). The molecule has 0 heterocycles. The van der Waals surface area contributed by atoms with Crippen molar-refractivity contribution in [1.82, 2.24) is 4.90 Å². The van der Waals surface area contributed by atoms with Gasteiger partial charge >= 0.3 is 5.97 Å². The maximum atomic E-state index is 10.6. The molecule has 186 valence electrons. The van der Waals surface area contributed by atoms with E-state index in [4.69, 9.17) is 5.11 Å². The van der Waals surface area contributed by atoms with Crippen molar-refractivity contribution in [2.45, 2.75) is 64.3 Å². The van der Waals surface area contributed by atoms with E-state index in [-0.39, 0.29) is 12.5 Å². The quantitative estimate of drug-likeness (QED) is 0.224. The molecule has 3 aromatic carbocycles. The zero-order valence-corrected chi connectivity index (χ0v) is 21.3. The lowest BCUT2D eigenvalue weighted by molar-refractivity contribution is -0.137. The van der Waals surface area contributed by atoms with E-state index in [1.54, 1.807) is 11.9 Å². The van der Waals surface area contributed by atoms with Crippen LogP contribution in [0.4, 0.5) is 0 Å². The van der Waals surface area contributed by atoms with Gasteiger partial charge in [-0.15, -0.1) is 0 Å². The summed E-state index contributed by atoms with van der Waals surface area (Å²) >= 11 is 0. The van der Waals surface area contributed by atoms with Crippen molar-refractivity contribution in [2.24, 2.45) is 0 Å². The molecule has 0 fully saturated rings. The van der Waals surface area contributed by atoms with Gasteiger partial charge in [-0.3, -0.25) is 9.59 Å². The van der Waals surface area contributed by atoms with Crippen LogP contribution in [0.5, 0.6) is 0 Å². The molecule has 0 aromatic heterocycles. The van der Waals surface area contributed by atoms with Crippen molar-refractivity contribution < 1.29 is 14.7 Å². The molecule has 4 nitrogen and oxygen atoms in total. The molecule has 3 aromatic rings. The molecule has 0 saturated heterocycles. The van der Waals surface area contributed by atoms with Gasteiger partial charge in [0.15, 0.2) is 0 Å². The molecule has 0 radical (unpaired) electrons. The lowest BCUT2D eigenvalue weighted by Crippen LogP contribution is -2.20. The van der Waals surface area contributed by atoms with E-state index in [1.165, 1.54) is 16.7 Å². The fourth-order valence-corrected chi connectivity index (χ4v) is 4.02. The van der Waals surface area contributed by atoms with Crippen LogP contribution >= 0.6 is 0 Å². The zero-order valence-electron chi connectivity index (χ0n) is 21.3. The first-order valence-corrected chi connectivity index (χ1v) is 12.4. The normalized spacial score (nSPS) is 12.1. The maximum Gasteiger partial charge on any atom is 0.303 e. The van der Waals surface area contributed by atoms with E-state index in [9.17, 15) is 9.59 Å².